The summed E-state index contributed by atoms with van der Waals surface area (Å²) >= 11 is 0. The topological polar surface area (TPSA) is 62.5 Å². The van der Waals surface area contributed by atoms with E-state index in [1.54, 1.807) is 6.20 Å². The minimum absolute atomic E-state index is 0.0380. The van der Waals surface area contributed by atoms with Crippen LogP contribution in [-0.2, 0) is 11.3 Å². The Hall–Kier alpha value is -1.90. The van der Waals surface area contributed by atoms with Crippen LogP contribution in [0.25, 0.3) is 0 Å². The molecule has 20 heavy (non-hydrogen) atoms. The molecule has 1 atom stereocenters. The first kappa shape index (κ1) is 14.5. The first-order chi connectivity index (χ1) is 9.70. The van der Waals surface area contributed by atoms with Crippen LogP contribution < -0.4 is 5.73 Å². The maximum atomic E-state index is 12.0. The first-order valence-electron chi connectivity index (χ1n) is 6.80. The Bertz CT molecular complexity index is 474. The molecule has 1 aromatic rings. The Morgan fingerprint density at radius 2 is 2.20 bits per heavy atom. The van der Waals surface area contributed by atoms with Crippen molar-refractivity contribution >= 4 is 5.91 Å². The van der Waals surface area contributed by atoms with Gasteiger partial charge in [0.25, 0.3) is 0 Å². The van der Waals surface area contributed by atoms with Gasteiger partial charge in [-0.3, -0.25) is 14.7 Å². The third kappa shape index (κ3) is 3.80. The van der Waals surface area contributed by atoms with E-state index in [-0.39, 0.29) is 5.91 Å². The Morgan fingerprint density at radius 1 is 1.45 bits per heavy atom. The average Bonchev–Trinajstić information content (AvgIpc) is 2.48. The van der Waals surface area contributed by atoms with Crippen LogP contribution in [0.3, 0.4) is 0 Å². The van der Waals surface area contributed by atoms with Gasteiger partial charge in [-0.15, -0.1) is 12.3 Å². The Labute approximate surface area is 119 Å². The lowest BCUT2D eigenvalue weighted by Crippen LogP contribution is -2.52. The summed E-state index contributed by atoms with van der Waals surface area (Å²) in [5.74, 6) is 2.40. The average molecular weight is 272 g/mol. The van der Waals surface area contributed by atoms with E-state index in [4.69, 9.17) is 12.2 Å². The van der Waals surface area contributed by atoms with E-state index in [0.717, 1.165) is 19.6 Å². The van der Waals surface area contributed by atoms with Gasteiger partial charge in [-0.1, -0.05) is 6.07 Å². The van der Waals surface area contributed by atoms with Gasteiger partial charge in [0.2, 0.25) is 5.91 Å². The maximum Gasteiger partial charge on any atom is 0.240 e. The van der Waals surface area contributed by atoms with Crippen molar-refractivity contribution in [3.63, 3.8) is 0 Å². The molecule has 1 amide bonds. The van der Waals surface area contributed by atoms with E-state index in [2.05, 4.69) is 21.9 Å². The van der Waals surface area contributed by atoms with E-state index in [1.807, 2.05) is 17.2 Å². The van der Waals surface area contributed by atoms with Crippen molar-refractivity contribution < 1.29 is 4.79 Å². The molecule has 5 nitrogen and oxygen atoms in total. The summed E-state index contributed by atoms with van der Waals surface area (Å²) in [5.41, 5.74) is 6.95. The van der Waals surface area contributed by atoms with Crippen LogP contribution in [0.4, 0.5) is 0 Å². The Kier molecular flexibility index (Phi) is 5.10. The highest BCUT2D eigenvalue weighted by atomic mass is 16.2. The number of hydrogen-bond acceptors (Lipinski definition) is 4. The van der Waals surface area contributed by atoms with Gasteiger partial charge in [-0.25, -0.2) is 0 Å². The molecule has 1 aliphatic heterocycles. The van der Waals surface area contributed by atoms with Crippen LogP contribution in [0.2, 0.25) is 0 Å². The second kappa shape index (κ2) is 7.04. The van der Waals surface area contributed by atoms with Gasteiger partial charge in [-0.2, -0.15) is 0 Å². The second-order valence-electron chi connectivity index (χ2n) is 4.98. The molecule has 1 unspecified atom stereocenters. The van der Waals surface area contributed by atoms with Gasteiger partial charge in [0, 0.05) is 51.5 Å². The van der Waals surface area contributed by atoms with Crippen molar-refractivity contribution in [1.29, 1.82) is 0 Å². The molecule has 0 bridgehead atoms. The summed E-state index contributed by atoms with van der Waals surface area (Å²) in [6.07, 6.45) is 9.14. The summed E-state index contributed by atoms with van der Waals surface area (Å²) in [5, 5.41) is 0. The highest BCUT2D eigenvalue weighted by Crippen LogP contribution is 2.08. The number of nitrogens with zero attached hydrogens (tertiary/aromatic N) is 3. The number of carbonyl (C=O) groups excluding carboxylic acids is 1. The smallest absolute Gasteiger partial charge is 0.240 e. The van der Waals surface area contributed by atoms with Crippen LogP contribution in [0, 0.1) is 12.3 Å². The molecule has 5 heteroatoms. The normalized spacial score (nSPS) is 17.5. The van der Waals surface area contributed by atoms with E-state index in [0.29, 0.717) is 19.5 Å². The molecule has 0 aromatic carbocycles. The molecular weight excluding hydrogens is 252 g/mol. The molecule has 0 radical (unpaired) electrons. The molecule has 0 saturated carbocycles. The van der Waals surface area contributed by atoms with Crippen molar-refractivity contribution in [2.24, 2.45) is 5.73 Å². The molecule has 0 aliphatic carbocycles. The summed E-state index contributed by atoms with van der Waals surface area (Å²) < 4.78 is 0. The molecule has 1 aliphatic rings. The van der Waals surface area contributed by atoms with Crippen molar-refractivity contribution in [1.82, 2.24) is 14.8 Å². The monoisotopic (exact) mass is 272 g/mol. The zero-order valence-electron chi connectivity index (χ0n) is 11.5. The predicted molar refractivity (Wildman–Crippen MR) is 77.5 cm³/mol. The van der Waals surface area contributed by atoms with Crippen molar-refractivity contribution in [2.75, 3.05) is 26.2 Å². The fourth-order valence-corrected chi connectivity index (χ4v) is 2.33. The molecule has 1 saturated heterocycles. The van der Waals surface area contributed by atoms with Gasteiger partial charge < -0.3 is 10.6 Å². The molecule has 1 aromatic heterocycles. The van der Waals surface area contributed by atoms with Gasteiger partial charge in [-0.05, 0) is 11.6 Å². The Balaban J connectivity index is 1.81. The number of aromatic nitrogens is 1. The fourth-order valence-electron chi connectivity index (χ4n) is 2.33. The second-order valence-corrected chi connectivity index (χ2v) is 4.98. The maximum absolute atomic E-state index is 12.0. The lowest BCUT2D eigenvalue weighted by molar-refractivity contribution is -0.134. The molecule has 1 fully saturated rings. The summed E-state index contributed by atoms with van der Waals surface area (Å²) in [6, 6.07) is 3.44. The molecule has 2 rings (SSSR count). The molecule has 2 N–H and O–H groups in total. The quantitative estimate of drug-likeness (QED) is 0.788. The summed E-state index contributed by atoms with van der Waals surface area (Å²) in [4.78, 5) is 20.3. The standard InChI is InChI=1S/C15H20N4O/c1-2-4-14(16)15(20)19-9-7-18(8-10-19)12-13-5-3-6-17-11-13/h1,3,5-6,11,14H,4,7-10,12,16H2. The summed E-state index contributed by atoms with van der Waals surface area (Å²) in [6.45, 7) is 3.98. The highest BCUT2D eigenvalue weighted by molar-refractivity contribution is 5.82. The third-order valence-electron chi connectivity index (χ3n) is 3.47. The predicted octanol–water partition coefficient (Wildman–Crippen LogP) is 0.0764. The van der Waals surface area contributed by atoms with Crippen LogP contribution >= 0.6 is 0 Å². The van der Waals surface area contributed by atoms with Gasteiger partial charge in [0.15, 0.2) is 0 Å². The largest absolute Gasteiger partial charge is 0.339 e. The van der Waals surface area contributed by atoms with Crippen LogP contribution in [-0.4, -0.2) is 52.9 Å². The summed E-state index contributed by atoms with van der Waals surface area (Å²) in [7, 11) is 0. The zero-order valence-corrected chi connectivity index (χ0v) is 11.5. The first-order valence-corrected chi connectivity index (χ1v) is 6.80. The number of rotatable bonds is 4. The van der Waals surface area contributed by atoms with Crippen molar-refractivity contribution in [3.8, 4) is 12.3 Å². The molecular formula is C15H20N4O. The number of pyridine rings is 1. The van der Waals surface area contributed by atoms with Crippen molar-refractivity contribution in [2.45, 2.75) is 19.0 Å². The lowest BCUT2D eigenvalue weighted by Gasteiger charge is -2.35. The van der Waals surface area contributed by atoms with Crippen LogP contribution in [0.15, 0.2) is 24.5 Å². The van der Waals surface area contributed by atoms with Crippen LogP contribution in [0.5, 0.6) is 0 Å². The van der Waals surface area contributed by atoms with E-state index < -0.39 is 6.04 Å². The minimum atomic E-state index is -0.565. The third-order valence-corrected chi connectivity index (χ3v) is 3.47. The molecule has 0 spiro atoms. The van der Waals surface area contributed by atoms with E-state index in [9.17, 15) is 4.79 Å². The number of hydrogen-bond donors (Lipinski definition) is 1. The fraction of sp³-hybridized carbons (Fsp3) is 0.467. The minimum Gasteiger partial charge on any atom is -0.339 e. The van der Waals surface area contributed by atoms with Crippen molar-refractivity contribution in [3.05, 3.63) is 30.1 Å². The Morgan fingerprint density at radius 3 is 2.80 bits per heavy atom. The SMILES string of the molecule is C#CCC(N)C(=O)N1CCN(Cc2cccnc2)CC1. The molecule has 2 heterocycles. The number of piperazine rings is 1. The van der Waals surface area contributed by atoms with Gasteiger partial charge >= 0.3 is 0 Å². The van der Waals surface area contributed by atoms with Gasteiger partial charge in [0.05, 0.1) is 6.04 Å². The lowest BCUT2D eigenvalue weighted by atomic mass is 10.1. The highest BCUT2D eigenvalue weighted by Gasteiger charge is 2.24. The van der Waals surface area contributed by atoms with E-state index in [1.165, 1.54) is 5.56 Å². The number of amides is 1. The van der Waals surface area contributed by atoms with E-state index >= 15 is 0 Å². The number of carbonyl (C=O) groups is 1. The number of terminal acetylenes is 1. The van der Waals surface area contributed by atoms with Gasteiger partial charge in [0.1, 0.15) is 0 Å². The van der Waals surface area contributed by atoms with Crippen LogP contribution in [0.1, 0.15) is 12.0 Å². The zero-order chi connectivity index (χ0) is 14.4. The number of nitrogens with two attached hydrogens (primary N) is 1. The molecule has 106 valence electrons.